The molecule has 0 radical (unpaired) electrons. The molecule has 0 aliphatic heterocycles. The van der Waals surface area contributed by atoms with Crippen molar-refractivity contribution in [1.29, 1.82) is 0 Å². The minimum atomic E-state index is -0.379. The Morgan fingerprint density at radius 3 is 2.76 bits per heavy atom. The number of methoxy groups -OCH3 is 1. The van der Waals surface area contributed by atoms with Crippen LogP contribution in [0.2, 0.25) is 0 Å². The van der Waals surface area contributed by atoms with Gasteiger partial charge in [-0.3, -0.25) is 4.79 Å². The first kappa shape index (κ1) is 13.6. The Balaban J connectivity index is 2.33. The fourth-order valence-corrected chi connectivity index (χ4v) is 1.13. The van der Waals surface area contributed by atoms with Gasteiger partial charge in [0, 0.05) is 25.5 Å². The average Bonchev–Trinajstić information content (AvgIpc) is 2.65. The second-order valence-electron chi connectivity index (χ2n) is 4.79. The predicted octanol–water partition coefficient (Wildman–Crippen LogP) is 0.921. The highest BCUT2D eigenvalue weighted by Crippen LogP contribution is 2.12. The van der Waals surface area contributed by atoms with Crippen molar-refractivity contribution in [1.82, 2.24) is 15.5 Å². The lowest BCUT2D eigenvalue weighted by atomic mass is 9.96. The highest BCUT2D eigenvalue weighted by atomic mass is 16.5. The second-order valence-corrected chi connectivity index (χ2v) is 4.79. The zero-order valence-corrected chi connectivity index (χ0v) is 10.7. The Bertz CT molecular complexity index is 368. The summed E-state index contributed by atoms with van der Waals surface area (Å²) >= 11 is 0. The summed E-state index contributed by atoms with van der Waals surface area (Å²) in [7, 11) is 1.57. The number of ether oxygens (including phenoxy) is 1. The molecule has 0 aliphatic carbocycles. The first-order valence-corrected chi connectivity index (χ1v) is 5.52. The van der Waals surface area contributed by atoms with Crippen LogP contribution >= 0.6 is 0 Å². The topological polar surface area (TPSA) is 77.3 Å². The number of aromatic nitrogens is 2. The fourth-order valence-electron chi connectivity index (χ4n) is 1.13. The zero-order chi connectivity index (χ0) is 12.9. The third-order valence-corrected chi connectivity index (χ3v) is 2.09. The number of nitrogens with zero attached hydrogens (tertiary/aromatic N) is 2. The molecule has 1 N–H and O–H groups in total. The quantitative estimate of drug-likeness (QED) is 0.829. The number of hydrogen-bond donors (Lipinski definition) is 1. The van der Waals surface area contributed by atoms with Crippen LogP contribution in [0.4, 0.5) is 0 Å². The average molecular weight is 241 g/mol. The van der Waals surface area contributed by atoms with E-state index < -0.39 is 0 Å². The van der Waals surface area contributed by atoms with Gasteiger partial charge in [0.25, 0.3) is 0 Å². The third kappa shape index (κ3) is 4.52. The molecule has 17 heavy (non-hydrogen) atoms. The Morgan fingerprint density at radius 1 is 1.47 bits per heavy atom. The van der Waals surface area contributed by atoms with E-state index in [9.17, 15) is 4.79 Å². The number of rotatable bonds is 5. The third-order valence-electron chi connectivity index (χ3n) is 2.09. The van der Waals surface area contributed by atoms with E-state index in [1.54, 1.807) is 7.11 Å². The molecule has 1 aromatic rings. The molecule has 0 aliphatic rings. The molecule has 0 saturated heterocycles. The smallest absolute Gasteiger partial charge is 0.228 e. The molecular weight excluding hydrogens is 222 g/mol. The lowest BCUT2D eigenvalue weighted by molar-refractivity contribution is -0.128. The lowest BCUT2D eigenvalue weighted by Gasteiger charge is -2.16. The van der Waals surface area contributed by atoms with Crippen molar-refractivity contribution in [3.63, 3.8) is 0 Å². The van der Waals surface area contributed by atoms with E-state index in [1.807, 2.05) is 20.8 Å². The van der Waals surface area contributed by atoms with Crippen LogP contribution in [-0.2, 0) is 22.6 Å². The SMILES string of the molecule is COCc1noc(CCNC(=O)C(C)(C)C)n1. The highest BCUT2D eigenvalue weighted by molar-refractivity contribution is 5.81. The molecule has 0 fully saturated rings. The van der Waals surface area contributed by atoms with E-state index in [0.717, 1.165) is 0 Å². The van der Waals surface area contributed by atoms with Gasteiger partial charge in [0.05, 0.1) is 0 Å². The Labute approximate surface area is 101 Å². The first-order chi connectivity index (χ1) is 7.93. The van der Waals surface area contributed by atoms with Crippen LogP contribution in [0.25, 0.3) is 0 Å². The summed E-state index contributed by atoms with van der Waals surface area (Å²) in [5, 5.41) is 6.54. The number of nitrogens with one attached hydrogen (secondary N) is 1. The predicted molar refractivity (Wildman–Crippen MR) is 61.2 cm³/mol. The molecule has 6 nitrogen and oxygen atoms in total. The summed E-state index contributed by atoms with van der Waals surface area (Å²) < 4.78 is 9.87. The number of amides is 1. The van der Waals surface area contributed by atoms with Crippen molar-refractivity contribution in [2.75, 3.05) is 13.7 Å². The summed E-state index contributed by atoms with van der Waals surface area (Å²) in [4.78, 5) is 15.7. The Hall–Kier alpha value is -1.43. The molecule has 96 valence electrons. The Morgan fingerprint density at radius 2 is 2.18 bits per heavy atom. The van der Waals surface area contributed by atoms with Gasteiger partial charge in [-0.05, 0) is 0 Å². The summed E-state index contributed by atoms with van der Waals surface area (Å²) in [6.45, 7) is 6.42. The van der Waals surface area contributed by atoms with Crippen molar-refractivity contribution in [3.8, 4) is 0 Å². The second kappa shape index (κ2) is 5.77. The van der Waals surface area contributed by atoms with Crippen molar-refractivity contribution in [2.24, 2.45) is 5.41 Å². The number of carbonyl (C=O) groups is 1. The van der Waals surface area contributed by atoms with E-state index in [4.69, 9.17) is 9.26 Å². The molecule has 0 atom stereocenters. The van der Waals surface area contributed by atoms with Gasteiger partial charge in [0.15, 0.2) is 5.82 Å². The minimum absolute atomic E-state index is 0.00845. The van der Waals surface area contributed by atoms with E-state index in [2.05, 4.69) is 15.5 Å². The summed E-state index contributed by atoms with van der Waals surface area (Å²) in [5.74, 6) is 1.03. The molecule has 0 bridgehead atoms. The van der Waals surface area contributed by atoms with E-state index in [0.29, 0.717) is 31.3 Å². The molecule has 6 heteroatoms. The Kier molecular flexibility index (Phi) is 4.62. The lowest BCUT2D eigenvalue weighted by Crippen LogP contribution is -2.35. The van der Waals surface area contributed by atoms with Gasteiger partial charge in [-0.2, -0.15) is 4.98 Å². The molecule has 1 amide bonds. The number of hydrogen-bond acceptors (Lipinski definition) is 5. The van der Waals surface area contributed by atoms with E-state index in [1.165, 1.54) is 0 Å². The molecule has 1 aromatic heterocycles. The summed E-state index contributed by atoms with van der Waals surface area (Å²) in [5.41, 5.74) is -0.379. The van der Waals surface area contributed by atoms with Crippen LogP contribution in [0.1, 0.15) is 32.5 Å². The van der Waals surface area contributed by atoms with Crippen molar-refractivity contribution in [3.05, 3.63) is 11.7 Å². The van der Waals surface area contributed by atoms with Crippen LogP contribution in [0.5, 0.6) is 0 Å². The van der Waals surface area contributed by atoms with Crippen LogP contribution in [0.15, 0.2) is 4.52 Å². The van der Waals surface area contributed by atoms with E-state index in [-0.39, 0.29) is 11.3 Å². The largest absolute Gasteiger partial charge is 0.377 e. The van der Waals surface area contributed by atoms with Crippen LogP contribution in [0.3, 0.4) is 0 Å². The van der Waals surface area contributed by atoms with Crippen molar-refractivity contribution < 1.29 is 14.1 Å². The number of carbonyl (C=O) groups excluding carboxylic acids is 1. The fraction of sp³-hybridized carbons (Fsp3) is 0.727. The maximum Gasteiger partial charge on any atom is 0.228 e. The van der Waals surface area contributed by atoms with Gasteiger partial charge in [0.2, 0.25) is 11.8 Å². The summed E-state index contributed by atoms with van der Waals surface area (Å²) in [6.07, 6.45) is 0.526. The normalized spacial score (nSPS) is 11.5. The molecular formula is C11H19N3O3. The van der Waals surface area contributed by atoms with Crippen molar-refractivity contribution in [2.45, 2.75) is 33.8 Å². The van der Waals surface area contributed by atoms with E-state index >= 15 is 0 Å². The maximum absolute atomic E-state index is 11.6. The standard InChI is InChI=1S/C11H19N3O3/c1-11(2,3)10(15)12-6-5-9-13-8(7-16-4)14-17-9/h5-7H2,1-4H3,(H,12,15). The molecule has 0 spiro atoms. The molecule has 1 heterocycles. The molecule has 0 saturated carbocycles. The van der Waals surface area contributed by atoms with Crippen LogP contribution in [0, 0.1) is 5.41 Å². The van der Waals surface area contributed by atoms with Gasteiger partial charge in [-0.25, -0.2) is 0 Å². The van der Waals surface area contributed by atoms with Crippen molar-refractivity contribution >= 4 is 5.91 Å². The van der Waals surface area contributed by atoms with Gasteiger partial charge < -0.3 is 14.6 Å². The van der Waals surface area contributed by atoms with Gasteiger partial charge in [-0.15, -0.1) is 0 Å². The van der Waals surface area contributed by atoms with Gasteiger partial charge in [0.1, 0.15) is 6.61 Å². The monoisotopic (exact) mass is 241 g/mol. The molecule has 0 aromatic carbocycles. The van der Waals surface area contributed by atoms with Gasteiger partial charge in [-0.1, -0.05) is 25.9 Å². The zero-order valence-electron chi connectivity index (χ0n) is 10.7. The highest BCUT2D eigenvalue weighted by Gasteiger charge is 2.20. The van der Waals surface area contributed by atoms with Gasteiger partial charge >= 0.3 is 0 Å². The molecule has 1 rings (SSSR count). The summed E-state index contributed by atoms with van der Waals surface area (Å²) in [6, 6.07) is 0. The maximum atomic E-state index is 11.6. The first-order valence-electron chi connectivity index (χ1n) is 5.52. The van der Waals surface area contributed by atoms with Crippen LogP contribution < -0.4 is 5.32 Å². The molecule has 0 unspecified atom stereocenters. The minimum Gasteiger partial charge on any atom is -0.377 e. The van der Waals surface area contributed by atoms with Crippen LogP contribution in [-0.4, -0.2) is 29.7 Å².